The lowest BCUT2D eigenvalue weighted by atomic mass is 10.0. The number of rotatable bonds is 4. The topological polar surface area (TPSA) is 67.7 Å². The van der Waals surface area contributed by atoms with Crippen molar-refractivity contribution in [1.29, 1.82) is 5.41 Å². The molecule has 0 fully saturated rings. The number of halogens is 1. The Balaban J connectivity index is 2.35. The van der Waals surface area contributed by atoms with Gasteiger partial charge in [0.25, 0.3) is 0 Å². The molecule has 1 aromatic heterocycles. The molecule has 0 aliphatic rings. The molecule has 0 aliphatic heterocycles. The molecule has 4 nitrogen and oxygen atoms in total. The fourth-order valence-corrected chi connectivity index (χ4v) is 1.88. The summed E-state index contributed by atoms with van der Waals surface area (Å²) in [6.45, 7) is 0. The van der Waals surface area contributed by atoms with E-state index < -0.39 is 0 Å². The second kappa shape index (κ2) is 5.01. The van der Waals surface area contributed by atoms with Crippen LogP contribution in [0.5, 0.6) is 0 Å². The number of nitrogens with one attached hydrogen (secondary N) is 1. The number of nitrogens with zero attached hydrogens (tertiary/aromatic N) is 2. The van der Waals surface area contributed by atoms with E-state index in [4.69, 9.17) is 22.7 Å². The maximum absolute atomic E-state index is 7.43. The van der Waals surface area contributed by atoms with Crippen LogP contribution in [-0.4, -0.2) is 15.6 Å². The smallest absolute Gasteiger partial charge is 0.0930 e. The van der Waals surface area contributed by atoms with Gasteiger partial charge in [-0.25, -0.2) is 0 Å². The highest BCUT2D eigenvalue weighted by atomic mass is 35.5. The molecule has 2 aromatic rings. The molecule has 88 valence electrons. The fraction of sp³-hybridized carbons (Fsp3) is 0.167. The van der Waals surface area contributed by atoms with Crippen molar-refractivity contribution in [2.75, 3.05) is 0 Å². The Kier molecular flexibility index (Phi) is 3.44. The highest BCUT2D eigenvalue weighted by molar-refractivity contribution is 6.30. The fourth-order valence-electron chi connectivity index (χ4n) is 1.73. The Morgan fingerprint density at radius 3 is 2.65 bits per heavy atom. The summed E-state index contributed by atoms with van der Waals surface area (Å²) in [6, 6.07) is 9.75. The second-order valence-electron chi connectivity index (χ2n) is 3.79. The van der Waals surface area contributed by atoms with Crippen LogP contribution in [0.4, 0.5) is 0 Å². The van der Waals surface area contributed by atoms with Gasteiger partial charge in [0, 0.05) is 12.6 Å². The largest absolute Gasteiger partial charge is 0.388 e. The lowest BCUT2D eigenvalue weighted by Gasteiger charge is -2.17. The van der Waals surface area contributed by atoms with Crippen LogP contribution in [0.25, 0.3) is 0 Å². The molecule has 0 bridgehead atoms. The lowest BCUT2D eigenvalue weighted by molar-refractivity contribution is 0.537. The third kappa shape index (κ3) is 2.85. The minimum absolute atomic E-state index is 0.0822. The van der Waals surface area contributed by atoms with E-state index in [2.05, 4.69) is 5.10 Å². The van der Waals surface area contributed by atoms with Crippen molar-refractivity contribution in [3.8, 4) is 0 Å². The molecule has 1 heterocycles. The number of hydrogen-bond acceptors (Lipinski definition) is 2. The van der Waals surface area contributed by atoms with Gasteiger partial charge in [0.15, 0.2) is 0 Å². The van der Waals surface area contributed by atoms with E-state index in [0.29, 0.717) is 11.4 Å². The zero-order valence-corrected chi connectivity index (χ0v) is 9.93. The number of aromatic nitrogens is 2. The van der Waals surface area contributed by atoms with Crippen LogP contribution in [0.3, 0.4) is 0 Å². The quantitative estimate of drug-likeness (QED) is 0.645. The van der Waals surface area contributed by atoms with Crippen LogP contribution in [0.1, 0.15) is 18.0 Å². The lowest BCUT2D eigenvalue weighted by Crippen LogP contribution is -2.20. The maximum Gasteiger partial charge on any atom is 0.0930 e. The summed E-state index contributed by atoms with van der Waals surface area (Å²) in [5, 5.41) is 12.2. The van der Waals surface area contributed by atoms with E-state index >= 15 is 0 Å². The first kappa shape index (κ1) is 11.7. The second-order valence-corrected chi connectivity index (χ2v) is 4.23. The molecule has 0 saturated heterocycles. The van der Waals surface area contributed by atoms with E-state index in [-0.39, 0.29) is 11.9 Å². The van der Waals surface area contributed by atoms with Crippen molar-refractivity contribution < 1.29 is 0 Å². The normalized spacial score (nSPS) is 12.3. The number of benzene rings is 1. The van der Waals surface area contributed by atoms with Crippen molar-refractivity contribution in [3.63, 3.8) is 0 Å². The van der Waals surface area contributed by atoms with Gasteiger partial charge in [-0.05, 0) is 5.56 Å². The van der Waals surface area contributed by atoms with Crippen molar-refractivity contribution in [3.05, 3.63) is 53.3 Å². The standard InChI is InChI=1S/C12H13ClN4/c13-10-7-16-17(8-10)11(6-12(14)15)9-4-2-1-3-5-9/h1-5,7-8,11H,6H2,(H3,14,15). The van der Waals surface area contributed by atoms with Gasteiger partial charge < -0.3 is 5.73 Å². The molecule has 0 radical (unpaired) electrons. The van der Waals surface area contributed by atoms with Crippen LogP contribution in [-0.2, 0) is 0 Å². The van der Waals surface area contributed by atoms with Crippen LogP contribution >= 0.6 is 11.6 Å². The number of nitrogens with two attached hydrogens (primary N) is 1. The molecule has 0 amide bonds. The van der Waals surface area contributed by atoms with E-state index in [0.717, 1.165) is 5.56 Å². The predicted octanol–water partition coefficient (Wildman–Crippen LogP) is 2.45. The first-order valence-corrected chi connectivity index (χ1v) is 5.62. The monoisotopic (exact) mass is 248 g/mol. The zero-order chi connectivity index (χ0) is 12.3. The van der Waals surface area contributed by atoms with Crippen LogP contribution in [0, 0.1) is 5.41 Å². The first-order chi connectivity index (χ1) is 8.16. The number of amidine groups is 1. The Morgan fingerprint density at radius 1 is 1.41 bits per heavy atom. The number of hydrogen-bond donors (Lipinski definition) is 2. The maximum atomic E-state index is 7.43. The van der Waals surface area contributed by atoms with E-state index in [1.165, 1.54) is 0 Å². The van der Waals surface area contributed by atoms with E-state index in [1.807, 2.05) is 30.3 Å². The Labute approximate surface area is 105 Å². The summed E-state index contributed by atoms with van der Waals surface area (Å²) in [5.41, 5.74) is 6.54. The molecule has 1 aromatic carbocycles. The van der Waals surface area contributed by atoms with Crippen molar-refractivity contribution in [1.82, 2.24) is 9.78 Å². The first-order valence-electron chi connectivity index (χ1n) is 5.24. The van der Waals surface area contributed by atoms with Crippen molar-refractivity contribution in [2.24, 2.45) is 5.73 Å². The van der Waals surface area contributed by atoms with Gasteiger partial charge in [0.1, 0.15) is 0 Å². The molecule has 2 rings (SSSR count). The minimum atomic E-state index is -0.0822. The molecular weight excluding hydrogens is 236 g/mol. The predicted molar refractivity (Wildman–Crippen MR) is 68.3 cm³/mol. The average molecular weight is 249 g/mol. The van der Waals surface area contributed by atoms with Gasteiger partial charge in [-0.2, -0.15) is 5.10 Å². The summed E-state index contributed by atoms with van der Waals surface area (Å²) >= 11 is 5.86. The Hall–Kier alpha value is -1.81. The molecule has 1 unspecified atom stereocenters. The highest BCUT2D eigenvalue weighted by Crippen LogP contribution is 2.22. The molecular formula is C12H13ClN4. The third-order valence-corrected chi connectivity index (χ3v) is 2.68. The van der Waals surface area contributed by atoms with Gasteiger partial charge >= 0.3 is 0 Å². The zero-order valence-electron chi connectivity index (χ0n) is 9.18. The van der Waals surface area contributed by atoms with E-state index in [1.54, 1.807) is 17.1 Å². The molecule has 0 spiro atoms. The van der Waals surface area contributed by atoms with Crippen LogP contribution in [0.15, 0.2) is 42.7 Å². The van der Waals surface area contributed by atoms with Crippen LogP contribution in [0.2, 0.25) is 5.02 Å². The average Bonchev–Trinajstić information content (AvgIpc) is 2.73. The molecule has 5 heteroatoms. The van der Waals surface area contributed by atoms with Crippen molar-refractivity contribution in [2.45, 2.75) is 12.5 Å². The molecule has 0 saturated carbocycles. The van der Waals surface area contributed by atoms with Crippen molar-refractivity contribution >= 4 is 17.4 Å². The minimum Gasteiger partial charge on any atom is -0.388 e. The summed E-state index contributed by atoms with van der Waals surface area (Å²) in [7, 11) is 0. The SMILES string of the molecule is N=C(N)CC(c1ccccc1)n1cc(Cl)cn1. The van der Waals surface area contributed by atoms with Gasteiger partial charge in [-0.15, -0.1) is 0 Å². The van der Waals surface area contributed by atoms with Crippen LogP contribution < -0.4 is 5.73 Å². The van der Waals surface area contributed by atoms with Gasteiger partial charge in [0.05, 0.1) is 23.1 Å². The molecule has 0 aliphatic carbocycles. The van der Waals surface area contributed by atoms with Gasteiger partial charge in [-0.3, -0.25) is 10.1 Å². The Morgan fingerprint density at radius 2 is 2.12 bits per heavy atom. The highest BCUT2D eigenvalue weighted by Gasteiger charge is 2.15. The molecule has 3 N–H and O–H groups in total. The molecule has 17 heavy (non-hydrogen) atoms. The summed E-state index contributed by atoms with van der Waals surface area (Å²) in [4.78, 5) is 0. The van der Waals surface area contributed by atoms with Gasteiger partial charge in [-0.1, -0.05) is 41.9 Å². The van der Waals surface area contributed by atoms with Gasteiger partial charge in [0.2, 0.25) is 0 Å². The third-order valence-electron chi connectivity index (χ3n) is 2.49. The van der Waals surface area contributed by atoms with E-state index in [9.17, 15) is 0 Å². The summed E-state index contributed by atoms with van der Waals surface area (Å²) in [5.74, 6) is 0.130. The summed E-state index contributed by atoms with van der Waals surface area (Å²) in [6.07, 6.45) is 3.74. The Bertz CT molecular complexity index is 506. The molecule has 1 atom stereocenters. The summed E-state index contributed by atoms with van der Waals surface area (Å²) < 4.78 is 1.74.